The van der Waals surface area contributed by atoms with Gasteiger partial charge in [0.1, 0.15) is 17.5 Å². The summed E-state index contributed by atoms with van der Waals surface area (Å²) in [7, 11) is 0. The van der Waals surface area contributed by atoms with Crippen molar-refractivity contribution >= 4 is 34.2 Å². The molecule has 1 aromatic heterocycles. The zero-order valence-electron chi connectivity index (χ0n) is 10.1. The lowest BCUT2D eigenvalue weighted by Crippen LogP contribution is -1.98. The summed E-state index contributed by atoms with van der Waals surface area (Å²) in [4.78, 5) is 7.24. The topological polar surface area (TPSA) is 28.7 Å². The second-order valence-corrected chi connectivity index (χ2v) is 5.16. The van der Waals surface area contributed by atoms with Crippen molar-refractivity contribution < 1.29 is 8.78 Å². The van der Waals surface area contributed by atoms with Gasteiger partial charge in [-0.15, -0.1) is 0 Å². The summed E-state index contributed by atoms with van der Waals surface area (Å²) in [5, 5.41) is 0.778. The number of hydrogen-bond acceptors (Lipinski definition) is 1. The predicted molar refractivity (Wildman–Crippen MR) is 75.3 cm³/mol. The Morgan fingerprint density at radius 1 is 1.05 bits per heavy atom. The van der Waals surface area contributed by atoms with Crippen molar-refractivity contribution in [2.45, 2.75) is 6.42 Å². The van der Waals surface area contributed by atoms with Gasteiger partial charge in [-0.25, -0.2) is 13.8 Å². The zero-order valence-corrected chi connectivity index (χ0v) is 11.6. The molecule has 0 fully saturated rings. The highest BCUT2D eigenvalue weighted by Crippen LogP contribution is 2.27. The van der Waals surface area contributed by atoms with Gasteiger partial charge in [-0.1, -0.05) is 29.3 Å². The summed E-state index contributed by atoms with van der Waals surface area (Å²) in [5.41, 5.74) is 1.25. The molecule has 0 aliphatic heterocycles. The number of aromatic nitrogens is 2. The largest absolute Gasteiger partial charge is 0.342 e. The van der Waals surface area contributed by atoms with Crippen LogP contribution in [0.2, 0.25) is 10.0 Å². The third kappa shape index (κ3) is 2.37. The number of halogens is 4. The van der Waals surface area contributed by atoms with Crippen LogP contribution < -0.4 is 0 Å². The highest BCUT2D eigenvalue weighted by atomic mass is 35.5. The van der Waals surface area contributed by atoms with Gasteiger partial charge in [0.15, 0.2) is 0 Å². The maximum Gasteiger partial charge on any atom is 0.129 e. The number of nitrogens with one attached hydrogen (secondary N) is 1. The molecule has 0 unspecified atom stereocenters. The van der Waals surface area contributed by atoms with E-state index in [2.05, 4.69) is 9.97 Å². The number of imidazole rings is 1. The van der Waals surface area contributed by atoms with Crippen LogP contribution in [0.3, 0.4) is 0 Å². The fourth-order valence-electron chi connectivity index (χ4n) is 2.01. The third-order valence-electron chi connectivity index (χ3n) is 2.98. The molecule has 0 bridgehead atoms. The first-order valence-electron chi connectivity index (χ1n) is 5.81. The fourth-order valence-corrected chi connectivity index (χ4v) is 2.33. The van der Waals surface area contributed by atoms with Crippen molar-refractivity contribution in [1.29, 1.82) is 0 Å². The molecular weight excluding hydrogens is 305 g/mol. The molecular formula is C14H8Cl2F2N2. The Kier molecular flexibility index (Phi) is 3.36. The van der Waals surface area contributed by atoms with Crippen LogP contribution >= 0.6 is 23.2 Å². The van der Waals surface area contributed by atoms with Gasteiger partial charge >= 0.3 is 0 Å². The second-order valence-electron chi connectivity index (χ2n) is 4.34. The monoisotopic (exact) mass is 312 g/mol. The Hall–Kier alpha value is -1.65. The van der Waals surface area contributed by atoms with E-state index in [4.69, 9.17) is 23.2 Å². The molecule has 1 heterocycles. The van der Waals surface area contributed by atoms with E-state index in [-0.39, 0.29) is 12.0 Å². The van der Waals surface area contributed by atoms with E-state index in [0.29, 0.717) is 26.9 Å². The molecule has 2 nitrogen and oxygen atoms in total. The average Bonchev–Trinajstić information content (AvgIpc) is 2.76. The zero-order chi connectivity index (χ0) is 14.3. The fraction of sp³-hybridized carbons (Fsp3) is 0.0714. The highest BCUT2D eigenvalue weighted by molar-refractivity contribution is 6.42. The number of H-pyrrole nitrogens is 1. The van der Waals surface area contributed by atoms with Crippen molar-refractivity contribution in [2.24, 2.45) is 0 Å². The Morgan fingerprint density at radius 3 is 2.40 bits per heavy atom. The lowest BCUT2D eigenvalue weighted by molar-refractivity contribution is 0.559. The summed E-state index contributed by atoms with van der Waals surface area (Å²) in [6, 6.07) is 7.00. The molecule has 20 heavy (non-hydrogen) atoms. The molecule has 3 aromatic rings. The second kappa shape index (κ2) is 5.04. The van der Waals surface area contributed by atoms with Gasteiger partial charge in [-0.2, -0.15) is 0 Å². The number of aromatic amines is 1. The van der Waals surface area contributed by atoms with E-state index in [1.54, 1.807) is 12.1 Å². The van der Waals surface area contributed by atoms with E-state index in [0.717, 1.165) is 0 Å². The van der Waals surface area contributed by atoms with Crippen LogP contribution in [0, 0.1) is 11.6 Å². The van der Waals surface area contributed by atoms with Crippen molar-refractivity contribution in [1.82, 2.24) is 9.97 Å². The van der Waals surface area contributed by atoms with E-state index < -0.39 is 11.6 Å². The summed E-state index contributed by atoms with van der Waals surface area (Å²) in [6.07, 6.45) is 0.0302. The third-order valence-corrected chi connectivity index (χ3v) is 3.70. The normalized spacial score (nSPS) is 11.2. The van der Waals surface area contributed by atoms with Crippen molar-refractivity contribution in [3.63, 3.8) is 0 Å². The molecule has 0 aliphatic rings. The smallest absolute Gasteiger partial charge is 0.129 e. The Morgan fingerprint density at radius 2 is 1.70 bits per heavy atom. The van der Waals surface area contributed by atoms with Crippen molar-refractivity contribution in [2.75, 3.05) is 0 Å². The maximum absolute atomic E-state index is 13.6. The van der Waals surface area contributed by atoms with Gasteiger partial charge in [0, 0.05) is 12.0 Å². The van der Waals surface area contributed by atoms with E-state index in [1.807, 2.05) is 0 Å². The van der Waals surface area contributed by atoms with Crippen LogP contribution in [-0.2, 0) is 6.42 Å². The lowest BCUT2D eigenvalue weighted by Gasteiger charge is -2.01. The van der Waals surface area contributed by atoms with Gasteiger partial charge in [0.05, 0.1) is 21.1 Å². The summed E-state index contributed by atoms with van der Waals surface area (Å²) in [6.45, 7) is 0. The van der Waals surface area contributed by atoms with E-state index >= 15 is 0 Å². The first-order valence-corrected chi connectivity index (χ1v) is 6.56. The summed E-state index contributed by atoms with van der Waals surface area (Å²) in [5.74, 6) is -0.745. The quantitative estimate of drug-likeness (QED) is 0.727. The molecule has 0 amide bonds. The minimum absolute atomic E-state index is 0.0243. The van der Waals surface area contributed by atoms with Crippen LogP contribution in [0.5, 0.6) is 0 Å². The average molecular weight is 313 g/mol. The molecule has 0 saturated heterocycles. The van der Waals surface area contributed by atoms with Crippen molar-refractivity contribution in [3.8, 4) is 0 Å². The van der Waals surface area contributed by atoms with Crippen LogP contribution in [0.15, 0.2) is 30.3 Å². The number of benzene rings is 2. The molecule has 6 heteroatoms. The summed E-state index contributed by atoms with van der Waals surface area (Å²) < 4.78 is 27.2. The van der Waals surface area contributed by atoms with Gasteiger partial charge < -0.3 is 4.98 Å². The number of hydrogen-bond donors (Lipinski definition) is 1. The SMILES string of the molecule is Fc1cccc(F)c1Cc1nc2cc(Cl)c(Cl)cc2[nH]1. The molecule has 0 saturated carbocycles. The number of fused-ring (bicyclic) bond motifs is 1. The first-order chi connectivity index (χ1) is 9.54. The van der Waals surface area contributed by atoms with Gasteiger partial charge in [0.2, 0.25) is 0 Å². The number of rotatable bonds is 2. The van der Waals surface area contributed by atoms with Gasteiger partial charge in [-0.3, -0.25) is 0 Å². The van der Waals surface area contributed by atoms with Crippen LogP contribution in [0.1, 0.15) is 11.4 Å². The molecule has 0 aliphatic carbocycles. The van der Waals surface area contributed by atoms with Gasteiger partial charge in [-0.05, 0) is 24.3 Å². The van der Waals surface area contributed by atoms with Crippen LogP contribution in [-0.4, -0.2) is 9.97 Å². The minimum Gasteiger partial charge on any atom is -0.342 e. The Bertz CT molecular complexity index is 740. The standard InChI is InChI=1S/C14H8Cl2F2N2/c15-8-5-12-13(6-9(8)16)20-14(19-12)4-7-10(17)2-1-3-11(7)18/h1-3,5-6H,4H2,(H,19,20). The van der Waals surface area contributed by atoms with E-state index in [1.165, 1.54) is 18.2 Å². The number of nitrogens with zero attached hydrogens (tertiary/aromatic N) is 1. The molecule has 1 N–H and O–H groups in total. The summed E-state index contributed by atoms with van der Waals surface area (Å²) >= 11 is 11.8. The predicted octanol–water partition coefficient (Wildman–Crippen LogP) is 4.74. The van der Waals surface area contributed by atoms with Crippen LogP contribution in [0.4, 0.5) is 8.78 Å². The molecule has 3 rings (SSSR count). The highest BCUT2D eigenvalue weighted by Gasteiger charge is 2.12. The molecule has 2 aromatic carbocycles. The molecule has 0 radical (unpaired) electrons. The van der Waals surface area contributed by atoms with E-state index in [9.17, 15) is 8.78 Å². The molecule has 0 atom stereocenters. The van der Waals surface area contributed by atoms with Gasteiger partial charge in [0.25, 0.3) is 0 Å². The first kappa shape index (κ1) is 13.3. The Labute approximate surface area is 123 Å². The molecule has 102 valence electrons. The Balaban J connectivity index is 2.03. The van der Waals surface area contributed by atoms with Crippen LogP contribution in [0.25, 0.3) is 11.0 Å². The maximum atomic E-state index is 13.6. The van der Waals surface area contributed by atoms with Crippen molar-refractivity contribution in [3.05, 3.63) is 63.4 Å². The molecule has 0 spiro atoms. The lowest BCUT2D eigenvalue weighted by atomic mass is 10.1. The minimum atomic E-state index is -0.596.